The molecule has 0 saturated heterocycles. The number of carbonyl (C=O) groups is 3. The lowest BCUT2D eigenvalue weighted by molar-refractivity contribution is -0.116. The van der Waals surface area contributed by atoms with Gasteiger partial charge in [-0.05, 0) is 69.2 Å². The SMILES string of the molecule is COc1ccc(CCC(=O)Nc2ccc(NC(=O)CNC(=O)OC(C)(C)C)cc2)cc1. The molecule has 0 saturated carbocycles. The van der Waals surface area contributed by atoms with Crippen LogP contribution in [0.5, 0.6) is 5.75 Å². The van der Waals surface area contributed by atoms with Crippen LogP contribution in [0, 0.1) is 0 Å². The molecule has 2 aromatic carbocycles. The molecule has 0 bridgehead atoms. The van der Waals surface area contributed by atoms with Gasteiger partial charge in [-0.15, -0.1) is 0 Å². The van der Waals surface area contributed by atoms with Gasteiger partial charge >= 0.3 is 6.09 Å². The third-order valence-electron chi connectivity index (χ3n) is 4.04. The van der Waals surface area contributed by atoms with Gasteiger partial charge < -0.3 is 25.4 Å². The number of amides is 3. The number of carbonyl (C=O) groups excluding carboxylic acids is 3. The minimum atomic E-state index is -0.657. The third-order valence-corrected chi connectivity index (χ3v) is 4.04. The predicted molar refractivity (Wildman–Crippen MR) is 119 cm³/mol. The number of methoxy groups -OCH3 is 1. The quantitative estimate of drug-likeness (QED) is 0.595. The van der Waals surface area contributed by atoms with Crippen LogP contribution in [0.2, 0.25) is 0 Å². The lowest BCUT2D eigenvalue weighted by Crippen LogP contribution is -2.37. The Morgan fingerprint density at radius 3 is 1.90 bits per heavy atom. The number of nitrogens with one attached hydrogen (secondary N) is 3. The summed E-state index contributed by atoms with van der Waals surface area (Å²) in [5, 5.41) is 7.89. The van der Waals surface area contributed by atoms with Crippen LogP contribution in [-0.4, -0.2) is 37.2 Å². The predicted octanol–water partition coefficient (Wildman–Crippen LogP) is 3.73. The summed E-state index contributed by atoms with van der Waals surface area (Å²) < 4.78 is 10.2. The summed E-state index contributed by atoms with van der Waals surface area (Å²) in [6.45, 7) is 5.02. The highest BCUT2D eigenvalue weighted by Crippen LogP contribution is 2.15. The minimum absolute atomic E-state index is 0.103. The van der Waals surface area contributed by atoms with E-state index >= 15 is 0 Å². The molecule has 0 spiro atoms. The van der Waals surface area contributed by atoms with Crippen LogP contribution < -0.4 is 20.7 Å². The van der Waals surface area contributed by atoms with Crippen molar-refractivity contribution in [3.63, 3.8) is 0 Å². The highest BCUT2D eigenvalue weighted by atomic mass is 16.6. The summed E-state index contributed by atoms with van der Waals surface area (Å²) in [6, 6.07) is 14.3. The van der Waals surface area contributed by atoms with Crippen molar-refractivity contribution in [2.75, 3.05) is 24.3 Å². The maximum atomic E-state index is 12.2. The first kappa shape index (κ1) is 23.7. The molecule has 0 aliphatic carbocycles. The second-order valence-corrected chi connectivity index (χ2v) is 7.88. The van der Waals surface area contributed by atoms with Crippen LogP contribution in [-0.2, 0) is 20.7 Å². The van der Waals surface area contributed by atoms with Crippen molar-refractivity contribution in [1.29, 1.82) is 0 Å². The van der Waals surface area contributed by atoms with Crippen molar-refractivity contribution in [2.45, 2.75) is 39.2 Å². The van der Waals surface area contributed by atoms with E-state index < -0.39 is 11.7 Å². The summed E-state index contributed by atoms with van der Waals surface area (Å²) >= 11 is 0. The summed E-state index contributed by atoms with van der Waals surface area (Å²) in [5.41, 5.74) is 1.60. The number of hydrogen-bond donors (Lipinski definition) is 3. The van der Waals surface area contributed by atoms with Gasteiger partial charge in [0.2, 0.25) is 11.8 Å². The van der Waals surface area contributed by atoms with E-state index in [1.807, 2.05) is 24.3 Å². The summed E-state index contributed by atoms with van der Waals surface area (Å²) in [4.78, 5) is 35.7. The molecule has 2 aromatic rings. The van der Waals surface area contributed by atoms with Crippen LogP contribution in [0.1, 0.15) is 32.8 Å². The molecule has 31 heavy (non-hydrogen) atoms. The van der Waals surface area contributed by atoms with Gasteiger partial charge in [-0.2, -0.15) is 0 Å². The normalized spacial score (nSPS) is 10.7. The van der Waals surface area contributed by atoms with Gasteiger partial charge in [-0.3, -0.25) is 9.59 Å². The molecule has 0 heterocycles. The fraction of sp³-hybridized carbons (Fsp3) is 0.348. The standard InChI is InChI=1S/C23H29N3O5/c1-23(2,3)31-22(29)24-15-21(28)26-18-10-8-17(9-11-18)25-20(27)14-7-16-5-12-19(30-4)13-6-16/h5-6,8-13H,7,14-15H2,1-4H3,(H,24,29)(H,25,27)(H,26,28). The number of rotatable bonds is 8. The number of anilines is 2. The lowest BCUT2D eigenvalue weighted by Gasteiger charge is -2.19. The highest BCUT2D eigenvalue weighted by Gasteiger charge is 2.16. The molecule has 2 rings (SSSR count). The Kier molecular flexibility index (Phi) is 8.43. The van der Waals surface area contributed by atoms with Crippen molar-refractivity contribution < 1.29 is 23.9 Å². The monoisotopic (exact) mass is 427 g/mol. The minimum Gasteiger partial charge on any atom is -0.497 e. The van der Waals surface area contributed by atoms with E-state index in [1.165, 1.54) is 0 Å². The zero-order valence-corrected chi connectivity index (χ0v) is 18.3. The molecule has 0 unspecified atom stereocenters. The van der Waals surface area contributed by atoms with Crippen LogP contribution in [0.3, 0.4) is 0 Å². The first-order valence-electron chi connectivity index (χ1n) is 9.94. The number of alkyl carbamates (subject to hydrolysis) is 1. The summed E-state index contributed by atoms with van der Waals surface area (Å²) in [6.07, 6.45) is 0.311. The topological polar surface area (TPSA) is 106 Å². The average molecular weight is 428 g/mol. The van der Waals surface area contributed by atoms with E-state index in [0.29, 0.717) is 24.2 Å². The van der Waals surface area contributed by atoms with Crippen LogP contribution in [0.4, 0.5) is 16.2 Å². The van der Waals surface area contributed by atoms with Crippen molar-refractivity contribution >= 4 is 29.3 Å². The van der Waals surface area contributed by atoms with E-state index in [-0.39, 0.29) is 18.4 Å². The second kappa shape index (κ2) is 11.0. The number of hydrogen-bond acceptors (Lipinski definition) is 5. The van der Waals surface area contributed by atoms with Gasteiger partial charge in [-0.1, -0.05) is 12.1 Å². The van der Waals surface area contributed by atoms with Gasteiger partial charge in [0, 0.05) is 17.8 Å². The molecule has 0 aliphatic heterocycles. The lowest BCUT2D eigenvalue weighted by atomic mass is 10.1. The molecular weight excluding hydrogens is 398 g/mol. The molecule has 0 aromatic heterocycles. The summed E-state index contributed by atoms with van der Waals surface area (Å²) in [5.74, 6) is 0.289. The van der Waals surface area contributed by atoms with Crippen LogP contribution in [0.25, 0.3) is 0 Å². The number of ether oxygens (including phenoxy) is 2. The van der Waals surface area contributed by atoms with E-state index in [9.17, 15) is 14.4 Å². The number of benzene rings is 2. The maximum absolute atomic E-state index is 12.2. The highest BCUT2D eigenvalue weighted by molar-refractivity contribution is 5.94. The van der Waals surface area contributed by atoms with Gasteiger partial charge in [0.1, 0.15) is 17.9 Å². The van der Waals surface area contributed by atoms with Crippen molar-refractivity contribution in [3.05, 3.63) is 54.1 Å². The van der Waals surface area contributed by atoms with Crippen molar-refractivity contribution in [3.8, 4) is 5.75 Å². The molecule has 166 valence electrons. The second-order valence-electron chi connectivity index (χ2n) is 7.88. The Morgan fingerprint density at radius 1 is 0.839 bits per heavy atom. The fourth-order valence-electron chi connectivity index (χ4n) is 2.58. The maximum Gasteiger partial charge on any atom is 0.408 e. The molecule has 3 N–H and O–H groups in total. The van der Waals surface area contributed by atoms with Gasteiger partial charge in [-0.25, -0.2) is 4.79 Å². The van der Waals surface area contributed by atoms with Crippen LogP contribution in [0.15, 0.2) is 48.5 Å². The van der Waals surface area contributed by atoms with Crippen molar-refractivity contribution in [1.82, 2.24) is 5.32 Å². The molecule has 0 radical (unpaired) electrons. The first-order chi connectivity index (χ1) is 14.6. The Labute approximate surface area is 182 Å². The molecule has 0 fully saturated rings. The van der Waals surface area contributed by atoms with E-state index in [4.69, 9.17) is 9.47 Å². The Hall–Kier alpha value is -3.55. The molecule has 3 amide bonds. The Morgan fingerprint density at radius 2 is 1.39 bits per heavy atom. The smallest absolute Gasteiger partial charge is 0.408 e. The fourth-order valence-corrected chi connectivity index (χ4v) is 2.58. The Bertz CT molecular complexity index is 887. The van der Waals surface area contributed by atoms with Gasteiger partial charge in [0.05, 0.1) is 7.11 Å². The largest absolute Gasteiger partial charge is 0.497 e. The molecule has 0 atom stereocenters. The Balaban J connectivity index is 1.74. The van der Waals surface area contributed by atoms with Crippen LogP contribution >= 0.6 is 0 Å². The molecule has 8 heteroatoms. The number of aryl methyl sites for hydroxylation is 1. The summed E-state index contributed by atoms with van der Waals surface area (Å²) in [7, 11) is 1.61. The zero-order valence-electron chi connectivity index (χ0n) is 18.3. The van der Waals surface area contributed by atoms with Gasteiger partial charge in [0.25, 0.3) is 0 Å². The molecular formula is C23H29N3O5. The van der Waals surface area contributed by atoms with Crippen molar-refractivity contribution in [2.24, 2.45) is 0 Å². The zero-order chi connectivity index (χ0) is 22.9. The van der Waals surface area contributed by atoms with E-state index in [0.717, 1.165) is 11.3 Å². The van der Waals surface area contributed by atoms with Gasteiger partial charge in [0.15, 0.2) is 0 Å². The first-order valence-corrected chi connectivity index (χ1v) is 9.94. The van der Waals surface area contributed by atoms with E-state index in [2.05, 4.69) is 16.0 Å². The average Bonchev–Trinajstić information content (AvgIpc) is 2.71. The third kappa shape index (κ3) is 9.20. The molecule has 0 aliphatic rings. The molecule has 8 nitrogen and oxygen atoms in total. The van der Waals surface area contributed by atoms with E-state index in [1.54, 1.807) is 52.1 Å².